The molecule has 0 saturated carbocycles. The van der Waals surface area contributed by atoms with Crippen LogP contribution in [0.2, 0.25) is 0 Å². The second kappa shape index (κ2) is 8.67. The maximum absolute atomic E-state index is 12.4. The largest absolute Gasteiger partial charge is 0.372 e. The molecule has 0 saturated heterocycles. The summed E-state index contributed by atoms with van der Waals surface area (Å²) in [5.41, 5.74) is 0. The number of likely N-dealkylation sites (N-methyl/N-ethyl adjacent to an activating group) is 1. The molecule has 0 amide bonds. The zero-order valence-electron chi connectivity index (χ0n) is 12.7. The van der Waals surface area contributed by atoms with Crippen molar-refractivity contribution in [2.45, 2.75) is 25.2 Å². The van der Waals surface area contributed by atoms with Crippen LogP contribution < -0.4 is 10.0 Å². The van der Waals surface area contributed by atoms with Gasteiger partial charge in [0.15, 0.2) is 0 Å². The van der Waals surface area contributed by atoms with Gasteiger partial charge in [-0.3, -0.25) is 0 Å². The quantitative estimate of drug-likeness (QED) is 0.686. The number of hydrogen-bond donors (Lipinski definition) is 2. The molecule has 120 valence electrons. The molecule has 1 heterocycles. The molecule has 0 fully saturated rings. The Kier molecular flexibility index (Phi) is 7.58. The molecule has 0 aliphatic carbocycles. The lowest BCUT2D eigenvalue weighted by Crippen LogP contribution is -2.35. The number of aromatic nitrogens is 1. The van der Waals surface area contributed by atoms with E-state index in [0.717, 1.165) is 19.5 Å². The summed E-state index contributed by atoms with van der Waals surface area (Å²) in [6.07, 6.45) is 2.62. The molecular formula is C13H23BrN4O2S. The molecule has 0 atom stereocenters. The van der Waals surface area contributed by atoms with E-state index in [2.05, 4.69) is 49.7 Å². The van der Waals surface area contributed by atoms with E-state index in [1.54, 1.807) is 19.3 Å². The molecule has 0 bridgehead atoms. The Morgan fingerprint density at radius 1 is 1.33 bits per heavy atom. The zero-order chi connectivity index (χ0) is 15.9. The fourth-order valence-corrected chi connectivity index (χ4v) is 3.66. The van der Waals surface area contributed by atoms with Gasteiger partial charge in [0.25, 0.3) is 0 Å². The highest BCUT2D eigenvalue weighted by Crippen LogP contribution is 2.22. The van der Waals surface area contributed by atoms with Gasteiger partial charge in [-0.25, -0.2) is 18.1 Å². The molecule has 0 aliphatic heterocycles. The Hall–Kier alpha value is -0.700. The second-order valence-corrected chi connectivity index (χ2v) is 7.23. The van der Waals surface area contributed by atoms with Gasteiger partial charge in [-0.15, -0.1) is 0 Å². The van der Waals surface area contributed by atoms with Crippen molar-refractivity contribution in [3.63, 3.8) is 0 Å². The molecule has 8 heteroatoms. The van der Waals surface area contributed by atoms with Crippen LogP contribution in [0.5, 0.6) is 0 Å². The van der Waals surface area contributed by atoms with Crippen LogP contribution in [0.1, 0.15) is 20.3 Å². The third kappa shape index (κ3) is 5.54. The number of halogens is 1. The normalized spacial score (nSPS) is 11.9. The number of rotatable bonds is 9. The molecule has 1 rings (SSSR count). The Morgan fingerprint density at radius 2 is 2.05 bits per heavy atom. The highest BCUT2D eigenvalue weighted by atomic mass is 79.9. The van der Waals surface area contributed by atoms with Crippen molar-refractivity contribution in [1.82, 2.24) is 14.6 Å². The van der Waals surface area contributed by atoms with E-state index >= 15 is 0 Å². The lowest BCUT2D eigenvalue weighted by Gasteiger charge is -2.19. The summed E-state index contributed by atoms with van der Waals surface area (Å²) in [6.45, 7) is 7.14. The van der Waals surface area contributed by atoms with Gasteiger partial charge in [0.05, 0.1) is 0 Å². The van der Waals surface area contributed by atoms with Crippen LogP contribution >= 0.6 is 15.9 Å². The van der Waals surface area contributed by atoms with Crippen molar-refractivity contribution < 1.29 is 8.42 Å². The Labute approximate surface area is 135 Å². The van der Waals surface area contributed by atoms with Gasteiger partial charge in [0, 0.05) is 30.8 Å². The summed E-state index contributed by atoms with van der Waals surface area (Å²) < 4.78 is 28.0. The highest BCUT2D eigenvalue weighted by molar-refractivity contribution is 9.10. The molecule has 1 aromatic rings. The van der Waals surface area contributed by atoms with Gasteiger partial charge in [-0.1, -0.05) is 13.8 Å². The maximum Gasteiger partial charge on any atom is 0.244 e. The maximum atomic E-state index is 12.4. The van der Waals surface area contributed by atoms with Crippen molar-refractivity contribution in [3.05, 3.63) is 16.7 Å². The van der Waals surface area contributed by atoms with Gasteiger partial charge in [0.1, 0.15) is 10.7 Å². The SMILES string of the molecule is CCCN(CC)CCNS(=O)(=O)c1cc(Br)cnc1NC. The summed E-state index contributed by atoms with van der Waals surface area (Å²) in [5, 5.41) is 2.80. The van der Waals surface area contributed by atoms with Gasteiger partial charge in [-0.2, -0.15) is 0 Å². The Morgan fingerprint density at radius 3 is 2.62 bits per heavy atom. The van der Waals surface area contributed by atoms with Crippen LogP contribution in [0.15, 0.2) is 21.6 Å². The van der Waals surface area contributed by atoms with Crippen molar-refractivity contribution in [1.29, 1.82) is 0 Å². The summed E-state index contributed by atoms with van der Waals surface area (Å²) in [5.74, 6) is 0.339. The minimum absolute atomic E-state index is 0.151. The van der Waals surface area contributed by atoms with E-state index in [4.69, 9.17) is 0 Å². The van der Waals surface area contributed by atoms with E-state index in [0.29, 0.717) is 23.4 Å². The van der Waals surface area contributed by atoms with Crippen LogP contribution in [0.25, 0.3) is 0 Å². The summed E-state index contributed by atoms with van der Waals surface area (Å²) in [7, 11) is -1.93. The summed E-state index contributed by atoms with van der Waals surface area (Å²) in [4.78, 5) is 6.42. The molecule has 21 heavy (non-hydrogen) atoms. The predicted octanol–water partition coefficient (Wildman–Crippen LogP) is 1.90. The second-order valence-electron chi connectivity index (χ2n) is 4.58. The van der Waals surface area contributed by atoms with E-state index < -0.39 is 10.0 Å². The Bertz CT molecular complexity index is 551. The fourth-order valence-electron chi connectivity index (χ4n) is 1.97. The van der Waals surface area contributed by atoms with Crippen molar-refractivity contribution in [2.24, 2.45) is 0 Å². The Balaban J connectivity index is 2.76. The fraction of sp³-hybridized carbons (Fsp3) is 0.615. The van der Waals surface area contributed by atoms with Gasteiger partial charge >= 0.3 is 0 Å². The topological polar surface area (TPSA) is 74.3 Å². The monoisotopic (exact) mass is 378 g/mol. The van der Waals surface area contributed by atoms with Crippen molar-refractivity contribution in [2.75, 3.05) is 38.5 Å². The van der Waals surface area contributed by atoms with Crippen LogP contribution in [0.3, 0.4) is 0 Å². The number of pyridine rings is 1. The zero-order valence-corrected chi connectivity index (χ0v) is 15.1. The van der Waals surface area contributed by atoms with Gasteiger partial charge < -0.3 is 10.2 Å². The third-order valence-corrected chi connectivity index (χ3v) is 4.96. The smallest absolute Gasteiger partial charge is 0.244 e. The number of anilines is 1. The standard InChI is InChI=1S/C13H23BrN4O2S/c1-4-7-18(5-2)8-6-17-21(19,20)12-9-11(14)10-16-13(12)15-3/h9-10,17H,4-8H2,1-3H3,(H,15,16). The molecule has 0 aromatic carbocycles. The molecule has 0 radical (unpaired) electrons. The van der Waals surface area contributed by atoms with Crippen LogP contribution in [-0.2, 0) is 10.0 Å². The van der Waals surface area contributed by atoms with E-state index in [1.165, 1.54) is 0 Å². The number of nitrogens with one attached hydrogen (secondary N) is 2. The van der Waals surface area contributed by atoms with Crippen molar-refractivity contribution >= 4 is 31.8 Å². The molecule has 2 N–H and O–H groups in total. The minimum atomic E-state index is -3.58. The molecule has 0 unspecified atom stereocenters. The lowest BCUT2D eigenvalue weighted by atomic mass is 10.4. The summed E-state index contributed by atoms with van der Waals surface area (Å²) in [6, 6.07) is 1.55. The lowest BCUT2D eigenvalue weighted by molar-refractivity contribution is 0.293. The first-order valence-electron chi connectivity index (χ1n) is 6.99. The molecule has 6 nitrogen and oxygen atoms in total. The number of hydrogen-bond acceptors (Lipinski definition) is 5. The van der Waals surface area contributed by atoms with E-state index in [-0.39, 0.29) is 4.90 Å². The minimum Gasteiger partial charge on any atom is -0.372 e. The van der Waals surface area contributed by atoms with E-state index in [1.807, 2.05) is 0 Å². The van der Waals surface area contributed by atoms with Gasteiger partial charge in [-0.05, 0) is 41.5 Å². The van der Waals surface area contributed by atoms with Gasteiger partial charge in [0.2, 0.25) is 10.0 Å². The molecule has 0 aliphatic rings. The first-order valence-corrected chi connectivity index (χ1v) is 9.27. The predicted molar refractivity (Wildman–Crippen MR) is 89.1 cm³/mol. The first-order chi connectivity index (χ1) is 9.94. The van der Waals surface area contributed by atoms with Crippen LogP contribution in [0, 0.1) is 0 Å². The average molecular weight is 379 g/mol. The molecular weight excluding hydrogens is 356 g/mol. The average Bonchev–Trinajstić information content (AvgIpc) is 2.46. The number of sulfonamides is 1. The van der Waals surface area contributed by atoms with Crippen LogP contribution in [0.4, 0.5) is 5.82 Å². The van der Waals surface area contributed by atoms with Crippen molar-refractivity contribution in [3.8, 4) is 0 Å². The van der Waals surface area contributed by atoms with E-state index in [9.17, 15) is 8.42 Å². The molecule has 0 spiro atoms. The molecule has 1 aromatic heterocycles. The highest BCUT2D eigenvalue weighted by Gasteiger charge is 2.19. The van der Waals surface area contributed by atoms with Crippen LogP contribution in [-0.4, -0.2) is 51.5 Å². The number of nitrogens with zero attached hydrogens (tertiary/aromatic N) is 2. The third-order valence-electron chi connectivity index (χ3n) is 3.05. The first kappa shape index (κ1) is 18.3. The summed E-state index contributed by atoms with van der Waals surface area (Å²) >= 11 is 3.25.